The molecule has 1 aliphatic heterocycles. The standard InChI is InChI=1S/C27H29ClF4N6O2/c1-3-38(4-2)11-10-34-40-24-14-20(27(30,31)32)25-22(36-24)15-33-37-26(25)35-19-8-9-23(21(28)13-19)39-16-17-6-5-7-18(29)12-17/h5-9,12-15,24,34,36H,3-4,10-11,16H2,1-2H3,(H,35,37). The van der Waals surface area contributed by atoms with Gasteiger partial charge >= 0.3 is 6.18 Å². The van der Waals surface area contributed by atoms with Crippen LogP contribution >= 0.6 is 11.6 Å². The lowest BCUT2D eigenvalue weighted by atomic mass is 10.0. The van der Waals surface area contributed by atoms with Gasteiger partial charge in [-0.2, -0.15) is 23.8 Å². The lowest BCUT2D eigenvalue weighted by Gasteiger charge is -2.28. The summed E-state index contributed by atoms with van der Waals surface area (Å²) in [4.78, 5) is 7.62. The first-order valence-electron chi connectivity index (χ1n) is 12.6. The van der Waals surface area contributed by atoms with Crippen molar-refractivity contribution in [3.05, 3.63) is 76.7 Å². The first-order valence-corrected chi connectivity index (χ1v) is 13.0. The fourth-order valence-electron chi connectivity index (χ4n) is 4.10. The molecule has 0 spiro atoms. The Morgan fingerprint density at radius 3 is 2.62 bits per heavy atom. The molecule has 2 heterocycles. The number of halogens is 5. The third-order valence-corrected chi connectivity index (χ3v) is 6.45. The third-order valence-electron chi connectivity index (χ3n) is 6.15. The van der Waals surface area contributed by atoms with Gasteiger partial charge in [-0.05, 0) is 55.1 Å². The highest BCUT2D eigenvalue weighted by Gasteiger charge is 2.41. The minimum Gasteiger partial charge on any atom is -0.487 e. The predicted molar refractivity (Wildman–Crippen MR) is 146 cm³/mol. The van der Waals surface area contributed by atoms with E-state index < -0.39 is 18.0 Å². The number of anilines is 3. The molecule has 1 aromatic heterocycles. The molecular formula is C27H29ClF4N6O2. The fraction of sp³-hybridized carbons (Fsp3) is 0.333. The molecular weight excluding hydrogens is 552 g/mol. The van der Waals surface area contributed by atoms with Crippen LogP contribution in [0.4, 0.5) is 34.8 Å². The largest absolute Gasteiger partial charge is 0.487 e. The summed E-state index contributed by atoms with van der Waals surface area (Å²) in [5, 5.41) is 13.7. The van der Waals surface area contributed by atoms with Gasteiger partial charge in [-0.15, -0.1) is 5.10 Å². The Balaban J connectivity index is 1.48. The van der Waals surface area contributed by atoms with Crippen LogP contribution < -0.4 is 20.9 Å². The van der Waals surface area contributed by atoms with E-state index in [1.54, 1.807) is 24.3 Å². The summed E-state index contributed by atoms with van der Waals surface area (Å²) >= 11 is 6.35. The summed E-state index contributed by atoms with van der Waals surface area (Å²) < 4.78 is 61.5. The quantitative estimate of drug-likeness (QED) is 0.134. The number of nitrogens with zero attached hydrogens (tertiary/aromatic N) is 3. The van der Waals surface area contributed by atoms with E-state index in [1.165, 1.54) is 24.4 Å². The molecule has 0 fully saturated rings. The zero-order chi connectivity index (χ0) is 28.7. The van der Waals surface area contributed by atoms with Crippen LogP contribution in [-0.2, 0) is 11.4 Å². The lowest BCUT2D eigenvalue weighted by molar-refractivity contribution is -0.0706. The van der Waals surface area contributed by atoms with Gasteiger partial charge in [-0.3, -0.25) is 4.84 Å². The lowest BCUT2D eigenvalue weighted by Crippen LogP contribution is -2.37. The first kappa shape index (κ1) is 29.5. The Hall–Kier alpha value is -3.45. The monoisotopic (exact) mass is 580 g/mol. The minimum atomic E-state index is -4.69. The average molecular weight is 581 g/mol. The summed E-state index contributed by atoms with van der Waals surface area (Å²) in [6.45, 7) is 6.97. The van der Waals surface area contributed by atoms with Gasteiger partial charge in [0.2, 0.25) is 0 Å². The van der Waals surface area contributed by atoms with Crippen molar-refractivity contribution in [2.75, 3.05) is 36.8 Å². The maximum Gasteiger partial charge on any atom is 0.417 e. The van der Waals surface area contributed by atoms with Crippen LogP contribution in [0.3, 0.4) is 0 Å². The highest BCUT2D eigenvalue weighted by atomic mass is 35.5. The van der Waals surface area contributed by atoms with E-state index in [4.69, 9.17) is 21.2 Å². The molecule has 0 saturated carbocycles. The van der Waals surface area contributed by atoms with Crippen LogP contribution in [0.1, 0.15) is 25.0 Å². The summed E-state index contributed by atoms with van der Waals surface area (Å²) in [5.74, 6) is -0.181. The number of nitrogens with one attached hydrogen (secondary N) is 3. The van der Waals surface area contributed by atoms with Crippen LogP contribution in [0, 0.1) is 5.82 Å². The molecule has 0 bridgehead atoms. The van der Waals surface area contributed by atoms with Crippen molar-refractivity contribution < 1.29 is 27.1 Å². The molecule has 0 saturated heterocycles. The molecule has 214 valence electrons. The molecule has 2 aromatic carbocycles. The number of rotatable bonds is 12. The maximum atomic E-state index is 14.1. The van der Waals surface area contributed by atoms with E-state index in [0.717, 1.165) is 19.2 Å². The van der Waals surface area contributed by atoms with Crippen molar-refractivity contribution in [1.82, 2.24) is 20.6 Å². The van der Waals surface area contributed by atoms with Gasteiger partial charge in [0, 0.05) is 18.8 Å². The van der Waals surface area contributed by atoms with E-state index in [2.05, 4.69) is 31.2 Å². The number of alkyl halides is 3. The van der Waals surface area contributed by atoms with Crippen molar-refractivity contribution in [3.63, 3.8) is 0 Å². The summed E-state index contributed by atoms with van der Waals surface area (Å²) in [6.07, 6.45) is -3.61. The van der Waals surface area contributed by atoms with Crippen LogP contribution in [0.5, 0.6) is 5.75 Å². The van der Waals surface area contributed by atoms with Crippen LogP contribution in [0.2, 0.25) is 5.02 Å². The topological polar surface area (TPSA) is 83.6 Å². The number of hydrogen-bond acceptors (Lipinski definition) is 8. The number of fused-ring (bicyclic) bond motifs is 1. The van der Waals surface area contributed by atoms with Gasteiger partial charge < -0.3 is 20.3 Å². The molecule has 1 unspecified atom stereocenters. The van der Waals surface area contributed by atoms with Crippen LogP contribution in [-0.4, -0.2) is 53.7 Å². The normalized spacial score (nSPS) is 14.9. The van der Waals surface area contributed by atoms with Crippen molar-refractivity contribution in [2.45, 2.75) is 32.9 Å². The van der Waals surface area contributed by atoms with Crippen molar-refractivity contribution in [2.24, 2.45) is 0 Å². The van der Waals surface area contributed by atoms with E-state index in [1.807, 2.05) is 13.8 Å². The highest BCUT2D eigenvalue weighted by molar-refractivity contribution is 6.32. The Labute approximate surface area is 234 Å². The van der Waals surface area contributed by atoms with Gasteiger partial charge in [0.05, 0.1) is 28.0 Å². The van der Waals surface area contributed by atoms with E-state index in [-0.39, 0.29) is 34.5 Å². The second kappa shape index (κ2) is 13.3. The Kier molecular flexibility index (Phi) is 9.80. The number of benzene rings is 2. The number of aromatic nitrogens is 2. The summed E-state index contributed by atoms with van der Waals surface area (Å²) in [5.41, 5.74) is 2.69. The highest BCUT2D eigenvalue weighted by Crippen LogP contribution is 2.44. The smallest absolute Gasteiger partial charge is 0.417 e. The van der Waals surface area contributed by atoms with E-state index in [0.29, 0.717) is 30.1 Å². The number of allylic oxidation sites excluding steroid dienone is 1. The summed E-state index contributed by atoms with van der Waals surface area (Å²) in [7, 11) is 0. The molecule has 0 radical (unpaired) electrons. The average Bonchev–Trinajstić information content (AvgIpc) is 2.92. The van der Waals surface area contributed by atoms with Crippen LogP contribution in [0.25, 0.3) is 5.57 Å². The van der Waals surface area contributed by atoms with Gasteiger partial charge in [0.25, 0.3) is 0 Å². The molecule has 3 N–H and O–H groups in total. The number of ether oxygens (including phenoxy) is 1. The third kappa shape index (κ3) is 7.60. The zero-order valence-electron chi connectivity index (χ0n) is 21.9. The molecule has 0 amide bonds. The first-order chi connectivity index (χ1) is 19.2. The maximum absolute atomic E-state index is 14.1. The molecule has 1 aliphatic rings. The van der Waals surface area contributed by atoms with Crippen molar-refractivity contribution in [1.29, 1.82) is 0 Å². The summed E-state index contributed by atoms with van der Waals surface area (Å²) in [6, 6.07) is 10.6. The Bertz CT molecular complexity index is 1340. The Morgan fingerprint density at radius 2 is 1.93 bits per heavy atom. The molecule has 1 atom stereocenters. The molecule has 3 aromatic rings. The number of likely N-dealkylation sites (N-methyl/N-ethyl adjacent to an activating group) is 1. The van der Waals surface area contributed by atoms with Crippen molar-refractivity contribution >= 4 is 34.4 Å². The SMILES string of the molecule is CCN(CC)CCNOC1C=C(C(F)(F)F)c2c(cnnc2Nc2ccc(OCc3cccc(F)c3)c(Cl)c2)N1. The zero-order valence-corrected chi connectivity index (χ0v) is 22.6. The molecule has 0 aliphatic carbocycles. The van der Waals surface area contributed by atoms with E-state index >= 15 is 0 Å². The minimum absolute atomic E-state index is 0.0842. The van der Waals surface area contributed by atoms with Gasteiger partial charge in [-0.1, -0.05) is 37.6 Å². The van der Waals surface area contributed by atoms with Gasteiger partial charge in [0.1, 0.15) is 18.2 Å². The number of hydroxylamine groups is 1. The second-order valence-corrected chi connectivity index (χ2v) is 9.26. The molecule has 40 heavy (non-hydrogen) atoms. The molecule has 13 heteroatoms. The van der Waals surface area contributed by atoms with Gasteiger partial charge in [0.15, 0.2) is 12.0 Å². The van der Waals surface area contributed by atoms with Crippen molar-refractivity contribution in [3.8, 4) is 5.75 Å². The molecule has 8 nitrogen and oxygen atoms in total. The predicted octanol–water partition coefficient (Wildman–Crippen LogP) is 6.15. The van der Waals surface area contributed by atoms with Gasteiger partial charge in [-0.25, -0.2) is 4.39 Å². The molecule has 4 rings (SSSR count). The van der Waals surface area contributed by atoms with E-state index in [9.17, 15) is 17.6 Å². The second-order valence-electron chi connectivity index (χ2n) is 8.85. The fourth-order valence-corrected chi connectivity index (χ4v) is 4.33. The number of hydrogen-bond donors (Lipinski definition) is 3. The Morgan fingerprint density at radius 1 is 1.12 bits per heavy atom. The van der Waals surface area contributed by atoms with Crippen LogP contribution in [0.15, 0.2) is 54.7 Å².